The summed E-state index contributed by atoms with van der Waals surface area (Å²) in [5, 5.41) is 0. The summed E-state index contributed by atoms with van der Waals surface area (Å²) in [6.07, 6.45) is 2.20. The first-order valence-electron chi connectivity index (χ1n) is 6.75. The minimum absolute atomic E-state index is 0.120. The second-order valence-electron chi connectivity index (χ2n) is 5.19. The predicted molar refractivity (Wildman–Crippen MR) is 88.9 cm³/mol. The fraction of sp³-hybridized carbons (Fsp3) is 0.188. The van der Waals surface area contributed by atoms with Crippen molar-refractivity contribution in [3.05, 3.63) is 54.1 Å². The van der Waals surface area contributed by atoms with Crippen LogP contribution in [0.5, 0.6) is 0 Å². The Balaban J connectivity index is 2.00. The smallest absolute Gasteiger partial charge is 0.260 e. The molecule has 0 saturated heterocycles. The Morgan fingerprint density at radius 2 is 1.50 bits per heavy atom. The average molecular weight is 376 g/mol. The van der Waals surface area contributed by atoms with Crippen LogP contribution in [0.2, 0.25) is 0 Å². The first-order chi connectivity index (χ1) is 9.77. The Bertz CT molecular complexity index is 696. The minimum Gasteiger partial charge on any atom is -0.303 e. The van der Waals surface area contributed by atoms with Crippen LogP contribution >= 0.6 is 22.9 Å². The van der Waals surface area contributed by atoms with Crippen LogP contribution in [0.3, 0.4) is 0 Å². The number of hydrogen-bond donors (Lipinski definition) is 0. The summed E-state index contributed by atoms with van der Waals surface area (Å²) in [6.45, 7) is 0. The Labute approximate surface area is 131 Å². The number of para-hydroxylation sites is 3. The van der Waals surface area contributed by atoms with Crippen molar-refractivity contribution in [3.63, 3.8) is 0 Å². The summed E-state index contributed by atoms with van der Waals surface area (Å²) in [6, 6.07) is 16.3. The normalized spacial score (nSPS) is 17.6. The first-order valence-corrected chi connectivity index (χ1v) is 7.71. The molecule has 0 unspecified atom stereocenters. The van der Waals surface area contributed by atoms with E-state index in [9.17, 15) is 4.79 Å². The van der Waals surface area contributed by atoms with Crippen molar-refractivity contribution in [3.8, 4) is 0 Å². The highest BCUT2D eigenvalue weighted by Crippen LogP contribution is 2.46. The molecule has 0 atom stereocenters. The first kappa shape index (κ1) is 12.2. The molecule has 1 fully saturated rings. The second kappa shape index (κ2) is 4.48. The Hall–Kier alpha value is -1.56. The number of halogens is 1. The van der Waals surface area contributed by atoms with E-state index in [4.69, 9.17) is 0 Å². The molecule has 4 rings (SSSR count). The van der Waals surface area contributed by atoms with Crippen LogP contribution in [0.25, 0.3) is 0 Å². The molecule has 1 amide bonds. The highest BCUT2D eigenvalue weighted by atomic mass is 127. The van der Waals surface area contributed by atoms with Crippen LogP contribution in [0.1, 0.15) is 23.2 Å². The van der Waals surface area contributed by atoms with E-state index in [1.165, 1.54) is 0 Å². The third kappa shape index (κ3) is 1.74. The maximum Gasteiger partial charge on any atom is 0.260 e. The Kier molecular flexibility index (Phi) is 2.73. The van der Waals surface area contributed by atoms with Crippen LogP contribution in [-0.2, 0) is 0 Å². The van der Waals surface area contributed by atoms with Gasteiger partial charge >= 0.3 is 0 Å². The topological polar surface area (TPSA) is 23.6 Å². The van der Waals surface area contributed by atoms with Gasteiger partial charge in [-0.2, -0.15) is 0 Å². The molecule has 1 aliphatic carbocycles. The van der Waals surface area contributed by atoms with Crippen molar-refractivity contribution in [1.29, 1.82) is 0 Å². The van der Waals surface area contributed by atoms with E-state index in [0.717, 1.165) is 35.5 Å². The van der Waals surface area contributed by atoms with Gasteiger partial charge in [0.15, 0.2) is 0 Å². The van der Waals surface area contributed by atoms with Crippen LogP contribution in [-0.4, -0.2) is 11.9 Å². The summed E-state index contributed by atoms with van der Waals surface area (Å²) >= 11 is 2.28. The van der Waals surface area contributed by atoms with Gasteiger partial charge < -0.3 is 4.90 Å². The second-order valence-corrected chi connectivity index (χ2v) is 6.16. The number of anilines is 3. The standard InChI is InChI=1S/C16H13IN2O/c17-19-13-6-2-1-5-12(13)16(20)18(11-9-10-11)14-7-3-4-8-15(14)19/h1-8,11H,9-10H2. The maximum atomic E-state index is 12.9. The van der Waals surface area contributed by atoms with E-state index >= 15 is 0 Å². The van der Waals surface area contributed by atoms with Crippen molar-refractivity contribution in [2.45, 2.75) is 18.9 Å². The lowest BCUT2D eigenvalue weighted by Crippen LogP contribution is -2.32. The fourth-order valence-corrected chi connectivity index (χ4v) is 3.55. The van der Waals surface area contributed by atoms with Crippen molar-refractivity contribution in [1.82, 2.24) is 0 Å². The molecule has 0 aromatic heterocycles. The van der Waals surface area contributed by atoms with Gasteiger partial charge in [0.05, 0.1) is 45.5 Å². The van der Waals surface area contributed by atoms with Gasteiger partial charge in [0.1, 0.15) is 0 Å². The number of amides is 1. The van der Waals surface area contributed by atoms with Crippen LogP contribution in [0.15, 0.2) is 48.5 Å². The zero-order valence-electron chi connectivity index (χ0n) is 10.8. The fourth-order valence-electron chi connectivity index (χ4n) is 2.72. The SMILES string of the molecule is O=C1c2ccccc2N(I)c2ccccc2N1C1CC1. The number of fused-ring (bicyclic) bond motifs is 2. The highest BCUT2D eigenvalue weighted by Gasteiger charge is 2.38. The molecule has 0 N–H and O–H groups in total. The summed E-state index contributed by atoms with van der Waals surface area (Å²) in [5.74, 6) is 0.120. The van der Waals surface area contributed by atoms with Crippen molar-refractivity contribution < 1.29 is 4.79 Å². The number of carbonyl (C=O) groups excluding carboxylic acids is 1. The molecule has 1 aliphatic heterocycles. The molecule has 1 saturated carbocycles. The van der Waals surface area contributed by atoms with E-state index < -0.39 is 0 Å². The van der Waals surface area contributed by atoms with Gasteiger partial charge in [0, 0.05) is 6.04 Å². The van der Waals surface area contributed by atoms with Gasteiger partial charge in [0.2, 0.25) is 0 Å². The van der Waals surface area contributed by atoms with E-state index in [-0.39, 0.29) is 5.91 Å². The monoisotopic (exact) mass is 376 g/mol. The lowest BCUT2D eigenvalue weighted by molar-refractivity contribution is 0.0986. The van der Waals surface area contributed by atoms with E-state index in [1.54, 1.807) is 0 Å². The van der Waals surface area contributed by atoms with Crippen LogP contribution in [0, 0.1) is 0 Å². The lowest BCUT2D eigenvalue weighted by atomic mass is 10.1. The van der Waals surface area contributed by atoms with Crippen molar-refractivity contribution in [2.75, 3.05) is 8.01 Å². The largest absolute Gasteiger partial charge is 0.303 e. The summed E-state index contributed by atoms with van der Waals surface area (Å²) in [5.41, 5.74) is 3.85. The van der Waals surface area contributed by atoms with Gasteiger partial charge in [-0.1, -0.05) is 24.3 Å². The number of rotatable bonds is 1. The number of nitrogens with zero attached hydrogens (tertiary/aromatic N) is 2. The summed E-state index contributed by atoms with van der Waals surface area (Å²) in [4.78, 5) is 14.9. The number of carbonyl (C=O) groups is 1. The van der Waals surface area contributed by atoms with Gasteiger partial charge in [-0.15, -0.1) is 0 Å². The average Bonchev–Trinajstić information content (AvgIpc) is 3.31. The molecule has 100 valence electrons. The van der Waals surface area contributed by atoms with E-state index in [0.29, 0.717) is 6.04 Å². The molecule has 2 aromatic carbocycles. The Morgan fingerprint density at radius 1 is 0.900 bits per heavy atom. The van der Waals surface area contributed by atoms with E-state index in [2.05, 4.69) is 32.0 Å². The van der Waals surface area contributed by atoms with Gasteiger partial charge in [-0.3, -0.25) is 7.91 Å². The quantitative estimate of drug-likeness (QED) is 0.548. The lowest BCUT2D eigenvalue weighted by Gasteiger charge is -2.23. The van der Waals surface area contributed by atoms with E-state index in [1.807, 2.05) is 47.4 Å². The zero-order valence-corrected chi connectivity index (χ0v) is 12.9. The molecule has 1 heterocycles. The van der Waals surface area contributed by atoms with Gasteiger partial charge in [0.25, 0.3) is 5.91 Å². The van der Waals surface area contributed by atoms with Gasteiger partial charge in [-0.25, -0.2) is 0 Å². The maximum absolute atomic E-state index is 12.9. The molecule has 0 spiro atoms. The molecular weight excluding hydrogens is 363 g/mol. The third-order valence-electron chi connectivity index (χ3n) is 3.83. The number of benzene rings is 2. The van der Waals surface area contributed by atoms with Crippen LogP contribution in [0.4, 0.5) is 17.1 Å². The molecular formula is C16H13IN2O. The summed E-state index contributed by atoms with van der Waals surface area (Å²) in [7, 11) is 0. The highest BCUT2D eigenvalue weighted by molar-refractivity contribution is 14.1. The Morgan fingerprint density at radius 3 is 2.20 bits per heavy atom. The number of hydrogen-bond acceptors (Lipinski definition) is 2. The molecule has 0 bridgehead atoms. The predicted octanol–water partition coefficient (Wildman–Crippen LogP) is 4.30. The van der Waals surface area contributed by atoms with Crippen molar-refractivity contribution >= 4 is 45.8 Å². The molecule has 0 radical (unpaired) electrons. The van der Waals surface area contributed by atoms with Gasteiger partial charge in [-0.05, 0) is 37.1 Å². The molecule has 4 heteroatoms. The van der Waals surface area contributed by atoms with Crippen molar-refractivity contribution in [2.24, 2.45) is 0 Å². The molecule has 2 aromatic rings. The third-order valence-corrected chi connectivity index (χ3v) is 4.87. The minimum atomic E-state index is 0.120. The molecule has 3 nitrogen and oxygen atoms in total. The zero-order chi connectivity index (χ0) is 13.7. The molecule has 2 aliphatic rings. The molecule has 20 heavy (non-hydrogen) atoms. The van der Waals surface area contributed by atoms with Crippen LogP contribution < -0.4 is 8.01 Å². The summed E-state index contributed by atoms with van der Waals surface area (Å²) < 4.78 is 2.09.